The lowest BCUT2D eigenvalue weighted by molar-refractivity contribution is -0.138. The highest BCUT2D eigenvalue weighted by atomic mass is 35.5. The number of benzene rings is 1. The second-order valence-corrected chi connectivity index (χ2v) is 7.73. The summed E-state index contributed by atoms with van der Waals surface area (Å²) >= 11 is 6.18. The molecule has 1 heterocycles. The van der Waals surface area contributed by atoms with E-state index in [1.165, 1.54) is 0 Å². The molecule has 0 fully saturated rings. The average molecular weight is 390 g/mol. The minimum Gasteiger partial charge on any atom is -0.480 e. The zero-order valence-corrected chi connectivity index (χ0v) is 15.7. The van der Waals surface area contributed by atoms with Crippen molar-refractivity contribution in [2.75, 3.05) is 13.2 Å². The normalized spacial score (nSPS) is 13.3. The minimum absolute atomic E-state index is 0.0431. The van der Waals surface area contributed by atoms with Crippen LogP contribution in [0, 0.1) is 0 Å². The van der Waals surface area contributed by atoms with Gasteiger partial charge in [-0.1, -0.05) is 17.7 Å². The van der Waals surface area contributed by atoms with Gasteiger partial charge < -0.3 is 24.5 Å². The van der Waals surface area contributed by atoms with E-state index in [0.717, 1.165) is 0 Å². The highest BCUT2D eigenvalue weighted by Gasteiger charge is 2.28. The van der Waals surface area contributed by atoms with Crippen LogP contribution in [0.4, 0.5) is 0 Å². The number of hydrogen-bond donors (Lipinski definition) is 2. The van der Waals surface area contributed by atoms with Crippen LogP contribution in [0.1, 0.15) is 19.7 Å². The number of halogens is 1. The predicted octanol–water partition coefficient (Wildman–Crippen LogP) is 2.87. The number of fused-ring (bicyclic) bond motifs is 1. The highest BCUT2D eigenvalue weighted by Crippen LogP contribution is 2.50. The van der Waals surface area contributed by atoms with Crippen LogP contribution in [0.3, 0.4) is 0 Å². The number of rotatable bonds is 9. The number of carboxylic acid groups (broad SMARTS) is 1. The Hall–Kier alpha value is -1.44. The van der Waals surface area contributed by atoms with Gasteiger partial charge >= 0.3 is 13.6 Å². The topological polar surface area (TPSA) is 117 Å². The van der Waals surface area contributed by atoms with E-state index in [1.807, 2.05) is 0 Å². The molecule has 2 aromatic rings. The van der Waals surface area contributed by atoms with Crippen LogP contribution in [0.2, 0.25) is 5.02 Å². The Morgan fingerprint density at radius 1 is 1.40 bits per heavy atom. The fraction of sp³-hybridized carbons (Fsp3) is 0.467. The van der Waals surface area contributed by atoms with Crippen molar-refractivity contribution in [1.82, 2.24) is 9.55 Å². The molecule has 2 rings (SSSR count). The third-order valence-corrected chi connectivity index (χ3v) is 5.73. The average Bonchev–Trinajstić information content (AvgIpc) is 2.86. The molecule has 1 aromatic heterocycles. The molecule has 0 spiro atoms. The van der Waals surface area contributed by atoms with E-state index in [0.29, 0.717) is 21.9 Å². The molecule has 0 radical (unpaired) electrons. The lowest BCUT2D eigenvalue weighted by atomic mass is 10.2. The van der Waals surface area contributed by atoms with Gasteiger partial charge in [-0.05, 0) is 26.0 Å². The van der Waals surface area contributed by atoms with Gasteiger partial charge in [0.15, 0.2) is 0 Å². The number of para-hydroxylation sites is 1. The van der Waals surface area contributed by atoms with Gasteiger partial charge in [-0.15, -0.1) is 0 Å². The molecule has 0 aliphatic carbocycles. The zero-order valence-electron chi connectivity index (χ0n) is 14.0. The van der Waals surface area contributed by atoms with Crippen molar-refractivity contribution in [1.29, 1.82) is 0 Å². The fourth-order valence-electron chi connectivity index (χ4n) is 2.44. The number of aliphatic carboxylic acids is 1. The maximum absolute atomic E-state index is 12.9. The van der Waals surface area contributed by atoms with E-state index < -0.39 is 19.6 Å². The molecule has 1 aromatic carbocycles. The lowest BCUT2D eigenvalue weighted by Gasteiger charge is -2.19. The Morgan fingerprint density at radius 2 is 2.04 bits per heavy atom. The van der Waals surface area contributed by atoms with E-state index >= 15 is 0 Å². The van der Waals surface area contributed by atoms with Gasteiger partial charge in [0.05, 0.1) is 23.8 Å². The maximum Gasteiger partial charge on any atom is 0.350 e. The number of imidazole rings is 1. The summed E-state index contributed by atoms with van der Waals surface area (Å²) in [5.74, 6) is -0.792. The van der Waals surface area contributed by atoms with Crippen molar-refractivity contribution in [2.45, 2.75) is 32.6 Å². The standard InChI is InChI=1S/C15H21ClN3O5P/c1-3-23-25(22,24-4-2)9-19-12-7-5-6-10(16)14(12)18-13(19)8-11(17)15(20)21/h5-7,11H,3-4,8-9,17H2,1-2H3,(H,20,21)/t11-/m1/s1. The number of carboxylic acids is 1. The molecule has 0 aliphatic rings. The summed E-state index contributed by atoms with van der Waals surface area (Å²) in [6.45, 7) is 3.87. The van der Waals surface area contributed by atoms with Crippen LogP contribution in [0.25, 0.3) is 11.0 Å². The second kappa shape index (κ2) is 8.29. The predicted molar refractivity (Wildman–Crippen MR) is 94.9 cm³/mol. The van der Waals surface area contributed by atoms with Gasteiger partial charge in [-0.3, -0.25) is 9.36 Å². The Labute approximate surface area is 150 Å². The van der Waals surface area contributed by atoms with Gasteiger partial charge in [0, 0.05) is 6.42 Å². The molecule has 0 aliphatic heterocycles. The van der Waals surface area contributed by atoms with Crippen LogP contribution in [0.5, 0.6) is 0 Å². The molecular weight excluding hydrogens is 369 g/mol. The van der Waals surface area contributed by atoms with Crippen LogP contribution in [-0.4, -0.2) is 39.9 Å². The van der Waals surface area contributed by atoms with Crippen molar-refractivity contribution in [3.63, 3.8) is 0 Å². The monoisotopic (exact) mass is 389 g/mol. The first-order valence-corrected chi connectivity index (χ1v) is 9.92. The smallest absolute Gasteiger partial charge is 0.350 e. The lowest BCUT2D eigenvalue weighted by Crippen LogP contribution is -2.33. The maximum atomic E-state index is 12.9. The van der Waals surface area contributed by atoms with Crippen LogP contribution in [0.15, 0.2) is 18.2 Å². The molecule has 25 heavy (non-hydrogen) atoms. The summed E-state index contributed by atoms with van der Waals surface area (Å²) in [4.78, 5) is 15.5. The summed E-state index contributed by atoms with van der Waals surface area (Å²) in [6.07, 6.45) is -0.147. The number of aromatic nitrogens is 2. The first kappa shape index (κ1) is 19.9. The molecule has 3 N–H and O–H groups in total. The van der Waals surface area contributed by atoms with Gasteiger partial charge in [0.25, 0.3) is 0 Å². The first-order chi connectivity index (χ1) is 11.8. The van der Waals surface area contributed by atoms with Crippen LogP contribution >= 0.6 is 19.2 Å². The summed E-state index contributed by atoms with van der Waals surface area (Å²) in [7, 11) is -3.43. The molecule has 1 atom stereocenters. The van der Waals surface area contributed by atoms with Gasteiger partial charge in [-0.2, -0.15) is 0 Å². The van der Waals surface area contributed by atoms with Gasteiger partial charge in [0.1, 0.15) is 23.7 Å². The number of nitrogens with two attached hydrogens (primary N) is 1. The number of carbonyl (C=O) groups is 1. The summed E-state index contributed by atoms with van der Waals surface area (Å²) in [6, 6.07) is 4.02. The third kappa shape index (κ3) is 4.59. The molecule has 0 amide bonds. The Bertz CT molecular complexity index is 800. The zero-order chi connectivity index (χ0) is 18.6. The van der Waals surface area contributed by atoms with Crippen molar-refractivity contribution in [3.8, 4) is 0 Å². The molecule has 8 nitrogen and oxygen atoms in total. The van der Waals surface area contributed by atoms with E-state index in [2.05, 4.69) is 4.98 Å². The number of nitrogens with zero attached hydrogens (tertiary/aromatic N) is 2. The van der Waals surface area contributed by atoms with Gasteiger partial charge in [-0.25, -0.2) is 4.98 Å². The summed E-state index contributed by atoms with van der Waals surface area (Å²) in [5.41, 5.74) is 6.73. The Morgan fingerprint density at radius 3 is 2.60 bits per heavy atom. The second-order valence-electron chi connectivity index (χ2n) is 5.30. The number of hydrogen-bond acceptors (Lipinski definition) is 6. The van der Waals surface area contributed by atoms with Crippen LogP contribution < -0.4 is 5.73 Å². The van der Waals surface area contributed by atoms with E-state index in [-0.39, 0.29) is 25.9 Å². The SMILES string of the molecule is CCOP(=O)(Cn1c(C[C@@H](N)C(=O)O)nc2c(Cl)cccc21)OCC. The van der Waals surface area contributed by atoms with Crippen molar-refractivity contribution >= 4 is 36.2 Å². The van der Waals surface area contributed by atoms with Crippen molar-refractivity contribution in [3.05, 3.63) is 29.0 Å². The Balaban J connectivity index is 2.53. The molecule has 10 heteroatoms. The molecular formula is C15H21ClN3O5P. The van der Waals surface area contributed by atoms with Crippen molar-refractivity contribution < 1.29 is 23.5 Å². The van der Waals surface area contributed by atoms with E-state index in [9.17, 15) is 9.36 Å². The summed E-state index contributed by atoms with van der Waals surface area (Å²) in [5, 5.41) is 9.48. The van der Waals surface area contributed by atoms with E-state index in [1.54, 1.807) is 36.6 Å². The van der Waals surface area contributed by atoms with E-state index in [4.69, 9.17) is 31.5 Å². The summed E-state index contributed by atoms with van der Waals surface area (Å²) < 4.78 is 25.2. The molecule has 0 saturated heterocycles. The molecule has 138 valence electrons. The molecule has 0 bridgehead atoms. The van der Waals surface area contributed by atoms with Crippen LogP contribution in [-0.2, 0) is 31.1 Å². The molecule has 0 saturated carbocycles. The molecule has 0 unspecified atom stereocenters. The van der Waals surface area contributed by atoms with Gasteiger partial charge in [0.2, 0.25) is 0 Å². The Kier molecular flexibility index (Phi) is 6.59. The third-order valence-electron chi connectivity index (χ3n) is 3.49. The highest BCUT2D eigenvalue weighted by molar-refractivity contribution is 7.52. The quantitative estimate of drug-likeness (QED) is 0.633. The first-order valence-electron chi connectivity index (χ1n) is 7.81. The largest absolute Gasteiger partial charge is 0.480 e. The van der Waals surface area contributed by atoms with Crippen molar-refractivity contribution in [2.24, 2.45) is 5.73 Å². The fourth-order valence-corrected chi connectivity index (χ4v) is 4.34. The minimum atomic E-state index is -3.43.